The van der Waals surface area contributed by atoms with Gasteiger partial charge in [-0.15, -0.1) is 0 Å². The van der Waals surface area contributed by atoms with Gasteiger partial charge in [-0.25, -0.2) is 18.0 Å². The lowest BCUT2D eigenvalue weighted by atomic mass is 9.79. The molecule has 0 radical (unpaired) electrons. The number of urea groups is 1. The number of alkyl halides is 3. The third-order valence-electron chi connectivity index (χ3n) is 9.62. The summed E-state index contributed by atoms with van der Waals surface area (Å²) in [5.74, 6) is -2.36. The molecule has 4 atom stereocenters. The lowest BCUT2D eigenvalue weighted by molar-refractivity contribution is -0.0966. The average Bonchev–Trinajstić information content (AvgIpc) is 3.40. The first kappa shape index (κ1) is 27.7. The van der Waals surface area contributed by atoms with E-state index in [0.29, 0.717) is 63.0 Å². The molecule has 5 rings (SSSR count). The first-order chi connectivity index (χ1) is 18.0. The summed E-state index contributed by atoms with van der Waals surface area (Å²) in [6.07, 6.45) is 3.50. The molecule has 1 aromatic rings. The van der Waals surface area contributed by atoms with Gasteiger partial charge in [0.2, 0.25) is 5.89 Å². The highest BCUT2D eigenvalue weighted by Crippen LogP contribution is 2.44. The highest BCUT2D eigenvalue weighted by molar-refractivity contribution is 5.75. The number of hydrogen-bond donors (Lipinski definition) is 1. The minimum atomic E-state index is -2.95. The fourth-order valence-corrected chi connectivity index (χ4v) is 6.57. The number of hydrogen-bond acceptors (Lipinski definition) is 6. The molecule has 1 N–H and O–H groups in total. The van der Waals surface area contributed by atoms with Gasteiger partial charge in [0.25, 0.3) is 5.92 Å². The summed E-state index contributed by atoms with van der Waals surface area (Å²) in [5, 5.41) is 6.87. The Morgan fingerprint density at radius 3 is 2.39 bits per heavy atom. The van der Waals surface area contributed by atoms with Crippen LogP contribution < -0.4 is 5.32 Å². The molecule has 2 saturated heterocycles. The number of likely N-dealkylation sites (N-methyl/N-ethyl adjacent to an activating group) is 1. The molecule has 0 spiro atoms. The molecule has 2 saturated carbocycles. The standard InChI is InChI=1S/C27H43F3N6O2/c1-17(2)35-12-7-18(8-13-35)34(4)21-6-5-9-27(29,30)22(21)31-25(37)36-14-10-26(3,11-15-36)24-32-23(38-33-24)19-16-20(19)28/h17-22H,5-16H2,1-4H3,(H,31,37)/t19-,20+,21+,22-/m1/s1. The van der Waals surface area contributed by atoms with Gasteiger partial charge in [-0.3, -0.25) is 4.90 Å². The number of carbonyl (C=O) groups excluding carboxylic acids is 1. The minimum Gasteiger partial charge on any atom is -0.339 e. The molecule has 214 valence electrons. The van der Waals surface area contributed by atoms with Gasteiger partial charge < -0.3 is 19.6 Å². The summed E-state index contributed by atoms with van der Waals surface area (Å²) >= 11 is 0. The largest absolute Gasteiger partial charge is 0.339 e. The van der Waals surface area contributed by atoms with Crippen LogP contribution in [0.25, 0.3) is 0 Å². The van der Waals surface area contributed by atoms with Crippen LogP contribution in [0.3, 0.4) is 0 Å². The molecule has 11 heteroatoms. The normalized spacial score (nSPS) is 32.1. The number of halogens is 3. The second-order valence-corrected chi connectivity index (χ2v) is 12.5. The number of carbonyl (C=O) groups is 1. The first-order valence-corrected chi connectivity index (χ1v) is 14.4. The van der Waals surface area contributed by atoms with Gasteiger partial charge >= 0.3 is 6.03 Å². The van der Waals surface area contributed by atoms with Crippen molar-refractivity contribution >= 4 is 6.03 Å². The van der Waals surface area contributed by atoms with E-state index in [1.165, 1.54) is 0 Å². The Morgan fingerprint density at radius 1 is 1.13 bits per heavy atom. The number of piperidine rings is 2. The van der Waals surface area contributed by atoms with Gasteiger partial charge in [-0.1, -0.05) is 12.1 Å². The molecule has 3 heterocycles. The molecule has 0 unspecified atom stereocenters. The van der Waals surface area contributed by atoms with E-state index in [1.54, 1.807) is 4.90 Å². The van der Waals surface area contributed by atoms with E-state index in [2.05, 4.69) is 39.1 Å². The fraction of sp³-hybridized carbons (Fsp3) is 0.889. The summed E-state index contributed by atoms with van der Waals surface area (Å²) in [6, 6.07) is -1.31. The van der Waals surface area contributed by atoms with E-state index in [9.17, 15) is 9.18 Å². The number of nitrogens with zero attached hydrogens (tertiary/aromatic N) is 5. The SMILES string of the molecule is CC(C)N1CCC(N(C)[C@H]2CCCC(F)(F)[C@@H]2NC(=O)N2CCC(C)(c3noc([C@@H]4C[C@@H]4F)n3)CC2)CC1. The van der Waals surface area contributed by atoms with Crippen molar-refractivity contribution in [1.82, 2.24) is 30.2 Å². The number of likely N-dealkylation sites (tertiary alicyclic amines) is 2. The van der Waals surface area contributed by atoms with Gasteiger partial charge in [0.05, 0.1) is 5.92 Å². The first-order valence-electron chi connectivity index (χ1n) is 14.4. The van der Waals surface area contributed by atoms with Gasteiger partial charge in [-0.2, -0.15) is 4.98 Å². The Balaban J connectivity index is 1.19. The van der Waals surface area contributed by atoms with Crippen LogP contribution in [0.2, 0.25) is 0 Å². The van der Waals surface area contributed by atoms with E-state index < -0.39 is 35.6 Å². The molecular weight excluding hydrogens is 497 g/mol. The van der Waals surface area contributed by atoms with Gasteiger partial charge in [0, 0.05) is 43.1 Å². The minimum absolute atomic E-state index is 0.201. The van der Waals surface area contributed by atoms with Crippen LogP contribution in [-0.4, -0.2) is 100 Å². The van der Waals surface area contributed by atoms with Crippen molar-refractivity contribution < 1.29 is 22.5 Å². The van der Waals surface area contributed by atoms with Crippen molar-refractivity contribution in [3.63, 3.8) is 0 Å². The van der Waals surface area contributed by atoms with Crippen LogP contribution in [0.5, 0.6) is 0 Å². The summed E-state index contributed by atoms with van der Waals surface area (Å²) in [4.78, 5) is 23.9. The van der Waals surface area contributed by atoms with Crippen molar-refractivity contribution in [2.45, 2.75) is 120 Å². The molecule has 0 aromatic carbocycles. The van der Waals surface area contributed by atoms with Crippen LogP contribution in [0.1, 0.15) is 89.8 Å². The Morgan fingerprint density at radius 2 is 1.79 bits per heavy atom. The number of rotatable bonds is 6. The molecule has 4 fully saturated rings. The zero-order valence-corrected chi connectivity index (χ0v) is 23.1. The predicted octanol–water partition coefficient (Wildman–Crippen LogP) is 4.32. The summed E-state index contributed by atoms with van der Waals surface area (Å²) in [5.41, 5.74) is -0.401. The van der Waals surface area contributed by atoms with E-state index >= 15 is 8.78 Å². The van der Waals surface area contributed by atoms with Gasteiger partial charge in [0.1, 0.15) is 12.2 Å². The Labute approximate surface area is 223 Å². The predicted molar refractivity (Wildman–Crippen MR) is 137 cm³/mol. The quantitative estimate of drug-likeness (QED) is 0.579. The maximum Gasteiger partial charge on any atom is 0.317 e. The molecule has 2 amide bonds. The van der Waals surface area contributed by atoms with Crippen molar-refractivity contribution in [2.75, 3.05) is 33.2 Å². The molecule has 0 bridgehead atoms. The topological polar surface area (TPSA) is 77.7 Å². The van der Waals surface area contributed by atoms with Crippen LogP contribution in [0.15, 0.2) is 4.52 Å². The molecule has 2 aliphatic carbocycles. The van der Waals surface area contributed by atoms with Gasteiger partial charge in [-0.05, 0) is 78.9 Å². The van der Waals surface area contributed by atoms with Crippen molar-refractivity contribution in [1.29, 1.82) is 0 Å². The zero-order valence-electron chi connectivity index (χ0n) is 23.1. The van der Waals surface area contributed by atoms with Crippen LogP contribution in [0, 0.1) is 0 Å². The Hall–Kier alpha value is -1.88. The Kier molecular flexibility index (Phi) is 7.72. The number of aromatic nitrogens is 2. The third kappa shape index (κ3) is 5.55. The highest BCUT2D eigenvalue weighted by Gasteiger charge is 2.51. The van der Waals surface area contributed by atoms with E-state index in [4.69, 9.17) is 4.52 Å². The summed E-state index contributed by atoms with van der Waals surface area (Å²) in [7, 11) is 1.96. The molecule has 4 aliphatic rings. The molecule has 1 aromatic heterocycles. The number of nitrogens with one attached hydrogen (secondary N) is 1. The van der Waals surface area contributed by atoms with E-state index in [0.717, 1.165) is 25.9 Å². The van der Waals surface area contributed by atoms with E-state index in [1.807, 2.05) is 14.0 Å². The lowest BCUT2D eigenvalue weighted by Crippen LogP contribution is -2.65. The maximum atomic E-state index is 15.3. The fourth-order valence-electron chi connectivity index (χ4n) is 6.57. The monoisotopic (exact) mass is 540 g/mol. The van der Waals surface area contributed by atoms with Crippen LogP contribution >= 0.6 is 0 Å². The van der Waals surface area contributed by atoms with Crippen molar-refractivity contribution in [2.24, 2.45) is 0 Å². The third-order valence-corrected chi connectivity index (χ3v) is 9.62. The second-order valence-electron chi connectivity index (χ2n) is 12.5. The highest BCUT2D eigenvalue weighted by atomic mass is 19.3. The maximum absolute atomic E-state index is 15.3. The molecule has 8 nitrogen and oxygen atoms in total. The molecular formula is C27H43F3N6O2. The summed E-state index contributed by atoms with van der Waals surface area (Å²) < 4.78 is 49.2. The molecule has 2 aliphatic heterocycles. The smallest absolute Gasteiger partial charge is 0.317 e. The Bertz CT molecular complexity index is 974. The zero-order chi connectivity index (χ0) is 27.2. The van der Waals surface area contributed by atoms with E-state index in [-0.39, 0.29) is 18.4 Å². The summed E-state index contributed by atoms with van der Waals surface area (Å²) in [6.45, 7) is 9.15. The average molecular weight is 541 g/mol. The van der Waals surface area contributed by atoms with Crippen LogP contribution in [-0.2, 0) is 5.41 Å². The van der Waals surface area contributed by atoms with Crippen molar-refractivity contribution in [3.05, 3.63) is 11.7 Å². The van der Waals surface area contributed by atoms with Crippen LogP contribution in [0.4, 0.5) is 18.0 Å². The van der Waals surface area contributed by atoms with Gasteiger partial charge in [0.15, 0.2) is 5.82 Å². The van der Waals surface area contributed by atoms with Crippen molar-refractivity contribution in [3.8, 4) is 0 Å². The second kappa shape index (κ2) is 10.6. The lowest BCUT2D eigenvalue weighted by Gasteiger charge is -2.48. The number of amides is 2. The molecule has 38 heavy (non-hydrogen) atoms.